The van der Waals surface area contributed by atoms with Gasteiger partial charge in [-0.15, -0.1) is 12.4 Å². The number of rotatable bonds is 20. The molecule has 1 aliphatic rings. The van der Waals surface area contributed by atoms with Gasteiger partial charge in [-0.2, -0.15) is 0 Å². The molecule has 11 nitrogen and oxygen atoms in total. The Morgan fingerprint density at radius 2 is 1.42 bits per heavy atom. The summed E-state index contributed by atoms with van der Waals surface area (Å²) in [6, 6.07) is 25.9. The molecule has 0 atom stereocenters. The molecule has 0 saturated carbocycles. The molecule has 286 valence electrons. The van der Waals surface area contributed by atoms with Crippen molar-refractivity contribution in [2.24, 2.45) is 0 Å². The Kier molecular flexibility index (Phi) is 16.6. The van der Waals surface area contributed by atoms with E-state index in [0.717, 1.165) is 56.4 Å². The number of unbranched alkanes of at least 4 members (excludes halogenated alkanes) is 2. The number of fused-ring (bicyclic) bond motifs is 1. The van der Waals surface area contributed by atoms with E-state index in [9.17, 15) is 19.2 Å². The number of aromatic nitrogens is 2. The molecule has 0 aliphatic carbocycles. The molecule has 1 saturated heterocycles. The van der Waals surface area contributed by atoms with E-state index in [4.69, 9.17) is 19.3 Å². The number of aliphatic carboxylic acids is 1. The van der Waals surface area contributed by atoms with E-state index in [0.29, 0.717) is 49.1 Å². The van der Waals surface area contributed by atoms with Crippen molar-refractivity contribution >= 4 is 35.2 Å². The van der Waals surface area contributed by atoms with Crippen molar-refractivity contribution in [1.82, 2.24) is 14.0 Å². The number of carbonyl (C=O) groups excluding carboxylic acids is 1. The number of aryl methyl sites for hydroxylation is 1. The van der Waals surface area contributed by atoms with Crippen LogP contribution in [0.5, 0.6) is 5.75 Å². The lowest BCUT2D eigenvalue weighted by molar-refractivity contribution is -0.143. The first-order chi connectivity index (χ1) is 25.3. The summed E-state index contributed by atoms with van der Waals surface area (Å²) in [6.45, 7) is 5.72. The smallest absolute Gasteiger partial charge is 0.331 e. The number of hydrogen-bond acceptors (Lipinski definition) is 8. The third-order valence-electron chi connectivity index (χ3n) is 9.49. The van der Waals surface area contributed by atoms with Gasteiger partial charge in [0, 0.05) is 39.0 Å². The molecule has 12 heteroatoms. The molecule has 3 aromatic carbocycles. The normalized spacial score (nSPS) is 13.5. The molecule has 53 heavy (non-hydrogen) atoms. The van der Waals surface area contributed by atoms with Gasteiger partial charge >= 0.3 is 17.6 Å². The summed E-state index contributed by atoms with van der Waals surface area (Å²) in [7, 11) is 0. The van der Waals surface area contributed by atoms with Crippen molar-refractivity contribution < 1.29 is 28.9 Å². The highest BCUT2D eigenvalue weighted by atomic mass is 35.5. The fourth-order valence-electron chi connectivity index (χ4n) is 6.76. The highest BCUT2D eigenvalue weighted by molar-refractivity contribution is 5.85. The van der Waals surface area contributed by atoms with Crippen molar-refractivity contribution in [2.45, 2.75) is 90.0 Å². The van der Waals surface area contributed by atoms with Gasteiger partial charge in [0.25, 0.3) is 5.56 Å². The van der Waals surface area contributed by atoms with Crippen molar-refractivity contribution in [3.05, 3.63) is 111 Å². The molecule has 1 fully saturated rings. The maximum atomic E-state index is 13.7. The highest BCUT2D eigenvalue weighted by Gasteiger charge is 2.25. The van der Waals surface area contributed by atoms with Gasteiger partial charge in [-0.1, -0.05) is 60.7 Å². The van der Waals surface area contributed by atoms with Crippen molar-refractivity contribution in [3.63, 3.8) is 0 Å². The summed E-state index contributed by atoms with van der Waals surface area (Å²) in [5.74, 6) is -0.718. The van der Waals surface area contributed by atoms with E-state index in [1.165, 1.54) is 4.57 Å². The number of benzene rings is 3. The van der Waals surface area contributed by atoms with Gasteiger partial charge < -0.3 is 24.2 Å². The van der Waals surface area contributed by atoms with E-state index in [1.54, 1.807) is 29.7 Å². The number of carboxylic acids is 1. The Labute approximate surface area is 316 Å². The fourth-order valence-corrected chi connectivity index (χ4v) is 6.76. The van der Waals surface area contributed by atoms with E-state index in [-0.39, 0.29) is 62.3 Å². The van der Waals surface area contributed by atoms with E-state index in [1.807, 2.05) is 12.1 Å². The van der Waals surface area contributed by atoms with Crippen LogP contribution in [0.3, 0.4) is 0 Å². The topological polar surface area (TPSA) is 129 Å². The largest absolute Gasteiger partial charge is 0.494 e. The van der Waals surface area contributed by atoms with Crippen molar-refractivity contribution in [1.29, 1.82) is 0 Å². The predicted octanol–water partition coefficient (Wildman–Crippen LogP) is 6.61. The SMILES string of the molecule is CCOC(=O)CCCOc1ccc2c(c1)c(=O)n(CCCCC(=O)O)c(=O)n2CCCCN1CCC(OC(c2ccccc2)c2ccccc2)CC1.Cl. The summed E-state index contributed by atoms with van der Waals surface area (Å²) in [4.78, 5) is 52.4. The zero-order valence-corrected chi connectivity index (χ0v) is 31.3. The first-order valence-corrected chi connectivity index (χ1v) is 18.6. The number of nitrogens with zero attached hydrogens (tertiary/aromatic N) is 3. The predicted molar refractivity (Wildman–Crippen MR) is 207 cm³/mol. The minimum absolute atomic E-state index is 0. The van der Waals surface area contributed by atoms with Gasteiger partial charge in [0.15, 0.2) is 0 Å². The Balaban J connectivity index is 0.00000627. The van der Waals surface area contributed by atoms with Gasteiger partial charge in [0.05, 0.1) is 30.2 Å². The van der Waals surface area contributed by atoms with Crippen LogP contribution in [0, 0.1) is 0 Å². The molecule has 5 rings (SSSR count). The minimum atomic E-state index is -0.909. The summed E-state index contributed by atoms with van der Waals surface area (Å²) in [5.41, 5.74) is 2.04. The number of esters is 1. The Morgan fingerprint density at radius 3 is 2.06 bits per heavy atom. The maximum Gasteiger partial charge on any atom is 0.331 e. The molecule has 2 heterocycles. The van der Waals surface area contributed by atoms with Crippen LogP contribution < -0.4 is 16.0 Å². The third-order valence-corrected chi connectivity index (χ3v) is 9.49. The van der Waals surface area contributed by atoms with Crippen LogP contribution in [0.2, 0.25) is 0 Å². The van der Waals surface area contributed by atoms with Gasteiger partial charge in [0.2, 0.25) is 0 Å². The van der Waals surface area contributed by atoms with E-state index < -0.39 is 11.5 Å². The lowest BCUT2D eigenvalue weighted by Crippen LogP contribution is -2.40. The summed E-state index contributed by atoms with van der Waals surface area (Å²) in [5, 5.41) is 9.41. The number of likely N-dealkylation sites (tertiary alicyclic amines) is 1. The van der Waals surface area contributed by atoms with Crippen LogP contribution >= 0.6 is 12.4 Å². The van der Waals surface area contributed by atoms with Gasteiger partial charge in [-0.25, -0.2) is 4.79 Å². The second-order valence-corrected chi connectivity index (χ2v) is 13.3. The third kappa shape index (κ3) is 12.0. The first-order valence-electron chi connectivity index (χ1n) is 18.6. The van der Waals surface area contributed by atoms with Crippen LogP contribution in [0.15, 0.2) is 88.5 Å². The van der Waals surface area contributed by atoms with Gasteiger partial charge in [-0.05, 0) is 87.7 Å². The van der Waals surface area contributed by atoms with Gasteiger partial charge in [-0.3, -0.25) is 23.5 Å². The van der Waals surface area contributed by atoms with Crippen LogP contribution in [-0.2, 0) is 32.2 Å². The second-order valence-electron chi connectivity index (χ2n) is 13.3. The average Bonchev–Trinajstić information content (AvgIpc) is 3.16. The number of ether oxygens (including phenoxy) is 3. The van der Waals surface area contributed by atoms with Crippen LogP contribution in [-0.4, -0.2) is 70.0 Å². The fraction of sp³-hybridized carbons (Fsp3) is 0.463. The molecule has 0 bridgehead atoms. The average molecular weight is 750 g/mol. The molecule has 0 radical (unpaired) electrons. The van der Waals surface area contributed by atoms with Crippen LogP contribution in [0.4, 0.5) is 0 Å². The number of carboxylic acid groups (broad SMARTS) is 1. The monoisotopic (exact) mass is 749 g/mol. The molecule has 1 N–H and O–H groups in total. The number of halogens is 1. The molecular formula is C41H52ClN3O8. The first kappa shape index (κ1) is 41.3. The summed E-state index contributed by atoms with van der Waals surface area (Å²) >= 11 is 0. The van der Waals surface area contributed by atoms with Crippen molar-refractivity contribution in [3.8, 4) is 5.75 Å². The molecular weight excluding hydrogens is 698 g/mol. The molecule has 1 aromatic heterocycles. The van der Waals surface area contributed by atoms with Crippen LogP contribution in [0.1, 0.15) is 81.9 Å². The Bertz CT molecular complexity index is 1820. The van der Waals surface area contributed by atoms with Gasteiger partial charge in [0.1, 0.15) is 11.9 Å². The summed E-state index contributed by atoms with van der Waals surface area (Å²) in [6.07, 6.45) is 5.02. The molecule has 0 amide bonds. The molecule has 0 unspecified atom stereocenters. The quantitative estimate of drug-likeness (QED) is 0.0784. The highest BCUT2D eigenvalue weighted by Crippen LogP contribution is 2.30. The second kappa shape index (κ2) is 21.3. The van der Waals surface area contributed by atoms with Crippen molar-refractivity contribution in [2.75, 3.05) is 32.8 Å². The number of carbonyl (C=O) groups is 2. The van der Waals surface area contributed by atoms with Crippen LogP contribution in [0.25, 0.3) is 10.9 Å². The zero-order chi connectivity index (χ0) is 36.7. The number of hydrogen-bond donors (Lipinski definition) is 1. The number of piperidine rings is 1. The maximum absolute atomic E-state index is 13.7. The van der Waals surface area contributed by atoms with E-state index >= 15 is 0 Å². The lowest BCUT2D eigenvalue weighted by Gasteiger charge is -2.34. The Hall–Kier alpha value is -4.45. The zero-order valence-electron chi connectivity index (χ0n) is 30.5. The van der Waals surface area contributed by atoms with E-state index in [2.05, 4.69) is 53.4 Å². The molecule has 4 aromatic rings. The minimum Gasteiger partial charge on any atom is -0.494 e. The standard InChI is InChI=1S/C41H51N3O8.ClH/c1-2-50-38(47)19-13-29-51-34-20-21-36-35(30-34)40(48)44(26-10-9-18-37(45)46)41(49)43(36)25-12-11-24-42-27-22-33(23-28-42)52-39(31-14-5-3-6-15-31)32-16-7-4-8-17-32;/h3-8,14-17,20-21,30,33,39H,2,9-13,18-19,22-29H2,1H3,(H,45,46);1H. The summed E-state index contributed by atoms with van der Waals surface area (Å²) < 4.78 is 20.4. The lowest BCUT2D eigenvalue weighted by atomic mass is 10.00. The Morgan fingerprint density at radius 1 is 0.792 bits per heavy atom. The molecule has 0 spiro atoms. The molecule has 1 aliphatic heterocycles.